The number of anilines is 1. The zero-order chi connectivity index (χ0) is 27.2. The van der Waals surface area contributed by atoms with Crippen LogP contribution in [0.15, 0.2) is 96.6 Å². The van der Waals surface area contributed by atoms with Gasteiger partial charge in [0.1, 0.15) is 5.76 Å². The summed E-state index contributed by atoms with van der Waals surface area (Å²) >= 11 is 0. The van der Waals surface area contributed by atoms with Crippen LogP contribution in [-0.2, 0) is 15.0 Å². The van der Waals surface area contributed by atoms with Crippen LogP contribution in [0, 0.1) is 10.1 Å². The molecular weight excluding hydrogens is 480 g/mol. The summed E-state index contributed by atoms with van der Waals surface area (Å²) in [6, 6.07) is 25.2. The van der Waals surface area contributed by atoms with Crippen LogP contribution in [0.1, 0.15) is 43.5 Å². The Morgan fingerprint density at radius 1 is 0.868 bits per heavy atom. The second-order valence-corrected chi connectivity index (χ2v) is 10.3. The lowest BCUT2D eigenvalue weighted by Gasteiger charge is -2.27. The fourth-order valence-corrected chi connectivity index (χ4v) is 4.88. The Balaban J connectivity index is 1.74. The number of Topliss-reactive ketones (excluding diaryl/α,β-unsaturated/α-hetero) is 1. The Bertz CT molecular complexity index is 1610. The number of ketones is 1. The van der Waals surface area contributed by atoms with Crippen LogP contribution in [0.25, 0.3) is 16.5 Å². The third-order valence-corrected chi connectivity index (χ3v) is 6.91. The first-order valence-electron chi connectivity index (χ1n) is 12.2. The van der Waals surface area contributed by atoms with Crippen LogP contribution in [-0.4, -0.2) is 21.7 Å². The highest BCUT2D eigenvalue weighted by atomic mass is 16.6. The van der Waals surface area contributed by atoms with E-state index in [1.165, 1.54) is 29.2 Å². The minimum absolute atomic E-state index is 0.0692. The van der Waals surface area contributed by atoms with Crippen LogP contribution in [0.3, 0.4) is 0 Å². The summed E-state index contributed by atoms with van der Waals surface area (Å²) in [7, 11) is 0. The molecule has 0 spiro atoms. The Kier molecular flexibility index (Phi) is 6.07. The molecule has 1 unspecified atom stereocenters. The number of carbonyl (C=O) groups is 2. The SMILES string of the molecule is CC(C)(C)c1ccc(C2/C(=C(\O)c3ccc([N+](=O)[O-])cc3)C(=O)C(=O)N2c2cccc3ccccc23)cc1. The summed E-state index contributed by atoms with van der Waals surface area (Å²) in [4.78, 5) is 39.1. The van der Waals surface area contributed by atoms with E-state index in [0.29, 0.717) is 11.3 Å². The van der Waals surface area contributed by atoms with E-state index in [2.05, 4.69) is 20.8 Å². The van der Waals surface area contributed by atoms with Crippen molar-refractivity contribution in [1.29, 1.82) is 0 Å². The van der Waals surface area contributed by atoms with E-state index in [0.717, 1.165) is 16.3 Å². The van der Waals surface area contributed by atoms with Crippen molar-refractivity contribution in [3.05, 3.63) is 123 Å². The maximum Gasteiger partial charge on any atom is 0.300 e. The van der Waals surface area contributed by atoms with Gasteiger partial charge in [0.2, 0.25) is 0 Å². The maximum atomic E-state index is 13.6. The molecule has 0 radical (unpaired) electrons. The van der Waals surface area contributed by atoms with Crippen LogP contribution in [0.4, 0.5) is 11.4 Å². The molecular formula is C31H26N2O5. The molecule has 4 aromatic rings. The Labute approximate surface area is 219 Å². The van der Waals surface area contributed by atoms with Crippen molar-refractivity contribution >= 4 is 39.6 Å². The molecule has 1 atom stereocenters. The Morgan fingerprint density at radius 2 is 1.50 bits per heavy atom. The quantitative estimate of drug-likeness (QED) is 0.109. The van der Waals surface area contributed by atoms with Crippen molar-refractivity contribution in [3.8, 4) is 0 Å². The molecule has 1 N–H and O–H groups in total. The van der Waals surface area contributed by atoms with Crippen molar-refractivity contribution in [1.82, 2.24) is 0 Å². The van der Waals surface area contributed by atoms with E-state index in [9.17, 15) is 24.8 Å². The zero-order valence-corrected chi connectivity index (χ0v) is 21.2. The van der Waals surface area contributed by atoms with Crippen LogP contribution < -0.4 is 4.90 Å². The van der Waals surface area contributed by atoms with E-state index in [1.54, 1.807) is 6.07 Å². The molecule has 1 amide bonds. The predicted octanol–water partition coefficient (Wildman–Crippen LogP) is 6.67. The number of amides is 1. The summed E-state index contributed by atoms with van der Waals surface area (Å²) in [5.74, 6) is -1.96. The van der Waals surface area contributed by atoms with E-state index in [-0.39, 0.29) is 28.0 Å². The van der Waals surface area contributed by atoms with E-state index < -0.39 is 22.7 Å². The summed E-state index contributed by atoms with van der Waals surface area (Å²) in [6.07, 6.45) is 0. The lowest BCUT2D eigenvalue weighted by molar-refractivity contribution is -0.384. The van der Waals surface area contributed by atoms with Crippen molar-refractivity contribution in [2.45, 2.75) is 32.2 Å². The van der Waals surface area contributed by atoms with Gasteiger partial charge in [-0.05, 0) is 40.1 Å². The number of hydrogen-bond donors (Lipinski definition) is 1. The average molecular weight is 507 g/mol. The van der Waals surface area contributed by atoms with Gasteiger partial charge in [-0.15, -0.1) is 0 Å². The second kappa shape index (κ2) is 9.27. The van der Waals surface area contributed by atoms with E-state index in [4.69, 9.17) is 0 Å². The normalized spacial score (nSPS) is 17.2. The second-order valence-electron chi connectivity index (χ2n) is 10.3. The highest BCUT2D eigenvalue weighted by Crippen LogP contribution is 2.44. The number of hydrogen-bond acceptors (Lipinski definition) is 5. The third-order valence-electron chi connectivity index (χ3n) is 6.91. The molecule has 0 bridgehead atoms. The van der Waals surface area contributed by atoms with Gasteiger partial charge >= 0.3 is 0 Å². The molecule has 0 saturated carbocycles. The molecule has 0 aliphatic carbocycles. The average Bonchev–Trinajstić information content (AvgIpc) is 3.17. The number of fused-ring (bicyclic) bond motifs is 1. The van der Waals surface area contributed by atoms with Gasteiger partial charge in [0.15, 0.2) is 0 Å². The highest BCUT2D eigenvalue weighted by molar-refractivity contribution is 6.52. The molecule has 1 saturated heterocycles. The molecule has 7 nitrogen and oxygen atoms in total. The number of aliphatic hydroxyl groups is 1. The van der Waals surface area contributed by atoms with Crippen LogP contribution in [0.2, 0.25) is 0 Å². The first-order chi connectivity index (χ1) is 18.1. The number of nitro benzene ring substituents is 1. The fraction of sp³-hybridized carbons (Fsp3) is 0.161. The van der Waals surface area contributed by atoms with Crippen LogP contribution in [0.5, 0.6) is 0 Å². The number of non-ortho nitro benzene ring substituents is 1. The van der Waals surface area contributed by atoms with Gasteiger partial charge in [-0.25, -0.2) is 0 Å². The fourth-order valence-electron chi connectivity index (χ4n) is 4.88. The largest absolute Gasteiger partial charge is 0.507 e. The molecule has 7 heteroatoms. The van der Waals surface area contributed by atoms with E-state index in [1.807, 2.05) is 60.7 Å². The van der Waals surface area contributed by atoms with Gasteiger partial charge in [0.05, 0.1) is 22.2 Å². The summed E-state index contributed by atoms with van der Waals surface area (Å²) < 4.78 is 0. The molecule has 5 rings (SSSR count). The molecule has 1 aliphatic heterocycles. The van der Waals surface area contributed by atoms with Crippen molar-refractivity contribution < 1.29 is 19.6 Å². The van der Waals surface area contributed by atoms with E-state index >= 15 is 0 Å². The maximum absolute atomic E-state index is 13.6. The summed E-state index contributed by atoms with van der Waals surface area (Å²) in [6.45, 7) is 6.29. The lowest BCUT2D eigenvalue weighted by atomic mass is 9.85. The highest BCUT2D eigenvalue weighted by Gasteiger charge is 2.47. The molecule has 4 aromatic carbocycles. The molecule has 1 fully saturated rings. The molecule has 190 valence electrons. The van der Waals surface area contributed by atoms with Crippen molar-refractivity contribution in [3.63, 3.8) is 0 Å². The molecule has 0 aromatic heterocycles. The molecule has 1 aliphatic rings. The summed E-state index contributed by atoms with van der Waals surface area (Å²) in [5.41, 5.74) is 2.19. The lowest BCUT2D eigenvalue weighted by Crippen LogP contribution is -2.29. The van der Waals surface area contributed by atoms with Crippen LogP contribution >= 0.6 is 0 Å². The monoisotopic (exact) mass is 506 g/mol. The minimum atomic E-state index is -0.898. The number of carbonyl (C=O) groups excluding carboxylic acids is 2. The van der Waals surface area contributed by atoms with Gasteiger partial charge in [0.25, 0.3) is 17.4 Å². The van der Waals surface area contributed by atoms with Gasteiger partial charge in [-0.3, -0.25) is 24.6 Å². The Morgan fingerprint density at radius 3 is 2.13 bits per heavy atom. The number of nitrogens with zero attached hydrogens (tertiary/aromatic N) is 2. The smallest absolute Gasteiger partial charge is 0.300 e. The summed E-state index contributed by atoms with van der Waals surface area (Å²) in [5, 5.41) is 24.1. The van der Waals surface area contributed by atoms with Crippen molar-refractivity contribution in [2.24, 2.45) is 0 Å². The Hall–Kier alpha value is -4.78. The standard InChI is InChI=1S/C31H26N2O5/c1-31(2,3)22-15-11-20(12-16-22)27-26(28(34)21-13-17-23(18-14-21)33(37)38)29(35)30(36)32(27)25-10-6-8-19-7-4-5-9-24(19)25/h4-18,27,34H,1-3H3/b28-26+. The zero-order valence-electron chi connectivity index (χ0n) is 21.2. The van der Waals surface area contributed by atoms with Crippen molar-refractivity contribution in [2.75, 3.05) is 4.90 Å². The van der Waals surface area contributed by atoms with Gasteiger partial charge < -0.3 is 5.11 Å². The van der Waals surface area contributed by atoms with Gasteiger partial charge in [-0.1, -0.05) is 81.4 Å². The molecule has 1 heterocycles. The first kappa shape index (κ1) is 24.9. The first-order valence-corrected chi connectivity index (χ1v) is 12.2. The predicted molar refractivity (Wildman–Crippen MR) is 147 cm³/mol. The van der Waals surface area contributed by atoms with Gasteiger partial charge in [0, 0.05) is 23.1 Å². The molecule has 38 heavy (non-hydrogen) atoms. The number of benzene rings is 4. The van der Waals surface area contributed by atoms with Gasteiger partial charge in [-0.2, -0.15) is 0 Å². The minimum Gasteiger partial charge on any atom is -0.507 e. The topological polar surface area (TPSA) is 101 Å². The number of aliphatic hydroxyl groups excluding tert-OH is 1. The third kappa shape index (κ3) is 4.22. The number of nitro groups is 1. The number of rotatable bonds is 4.